The molecular formula is C21H39NO9. The average Bonchev–Trinajstić information content (AvgIpc) is 2.73. The minimum Gasteiger partial charge on any atom is -0.477 e. The SMILES string of the molecule is CCCCCCCCCCCC(=O)N[C@H]1[C@H]([C@H](O)[C@H](O)CO)OC(O)(C(=O)O)C[C@@H]1O. The molecule has 10 heteroatoms. The maximum atomic E-state index is 12.3. The van der Waals surface area contributed by atoms with Gasteiger partial charge in [0.1, 0.15) is 18.3 Å². The van der Waals surface area contributed by atoms with Gasteiger partial charge in [-0.1, -0.05) is 58.3 Å². The van der Waals surface area contributed by atoms with E-state index in [1.54, 1.807) is 0 Å². The predicted octanol–water partition coefficient (Wildman–Crippen LogP) is 0.0292. The normalized spacial score (nSPS) is 28.1. The van der Waals surface area contributed by atoms with Crippen molar-refractivity contribution in [3.05, 3.63) is 0 Å². The summed E-state index contributed by atoms with van der Waals surface area (Å²) in [7, 11) is 0. The van der Waals surface area contributed by atoms with Crippen molar-refractivity contribution in [3.8, 4) is 0 Å². The van der Waals surface area contributed by atoms with Crippen LogP contribution in [-0.4, -0.2) is 85.4 Å². The number of carbonyl (C=O) groups excluding carboxylic acids is 1. The van der Waals surface area contributed by atoms with E-state index in [-0.39, 0.29) is 6.42 Å². The Morgan fingerprint density at radius 3 is 2.13 bits per heavy atom. The number of unbranched alkanes of at least 4 members (excludes halogenated alkanes) is 8. The monoisotopic (exact) mass is 449 g/mol. The maximum Gasteiger partial charge on any atom is 0.364 e. The highest BCUT2D eigenvalue weighted by molar-refractivity contribution is 5.77. The number of aliphatic hydroxyl groups excluding tert-OH is 4. The van der Waals surface area contributed by atoms with Crippen molar-refractivity contribution in [2.75, 3.05) is 6.61 Å². The third-order valence-electron chi connectivity index (χ3n) is 5.67. The minimum atomic E-state index is -2.79. The molecule has 10 nitrogen and oxygen atoms in total. The highest BCUT2D eigenvalue weighted by Crippen LogP contribution is 2.30. The molecule has 1 aliphatic heterocycles. The van der Waals surface area contributed by atoms with Gasteiger partial charge in [0.15, 0.2) is 0 Å². The van der Waals surface area contributed by atoms with Gasteiger partial charge in [-0.25, -0.2) is 4.79 Å². The molecule has 1 fully saturated rings. The van der Waals surface area contributed by atoms with Crippen molar-refractivity contribution in [1.29, 1.82) is 0 Å². The summed E-state index contributed by atoms with van der Waals surface area (Å²) in [6, 6.07) is -1.26. The number of carboxylic acid groups (broad SMARTS) is 1. The van der Waals surface area contributed by atoms with Crippen LogP contribution in [0.2, 0.25) is 0 Å². The van der Waals surface area contributed by atoms with Gasteiger partial charge in [0.25, 0.3) is 5.79 Å². The number of ether oxygens (including phenoxy) is 1. The topological polar surface area (TPSA) is 177 Å². The Morgan fingerprint density at radius 2 is 1.61 bits per heavy atom. The zero-order valence-corrected chi connectivity index (χ0v) is 18.3. The van der Waals surface area contributed by atoms with Crippen LogP contribution in [0.4, 0.5) is 0 Å². The van der Waals surface area contributed by atoms with E-state index in [1.807, 2.05) is 0 Å². The molecular weight excluding hydrogens is 410 g/mol. The van der Waals surface area contributed by atoms with Crippen molar-refractivity contribution < 1.29 is 45.0 Å². The van der Waals surface area contributed by atoms with Crippen LogP contribution in [0.15, 0.2) is 0 Å². The quantitative estimate of drug-likeness (QED) is 0.170. The lowest BCUT2D eigenvalue weighted by Gasteiger charge is -2.44. The highest BCUT2D eigenvalue weighted by Gasteiger charge is 2.53. The average molecular weight is 450 g/mol. The molecule has 1 saturated heterocycles. The van der Waals surface area contributed by atoms with Crippen LogP contribution in [0.25, 0.3) is 0 Å². The standard InChI is InChI=1S/C21H39NO9/c1-2-3-4-5-6-7-8-9-10-11-16(26)22-17-14(24)12-21(30,20(28)29)31-19(17)18(27)15(25)13-23/h14-15,17-19,23-25,27,30H,2-13H2,1H3,(H,22,26)(H,28,29)/t14-,15+,17+,18+,19+,21?/m0/s1. The number of hydrogen-bond acceptors (Lipinski definition) is 8. The second kappa shape index (κ2) is 14.0. The van der Waals surface area contributed by atoms with Gasteiger partial charge in [-0.3, -0.25) is 4.79 Å². The minimum absolute atomic E-state index is 0.174. The van der Waals surface area contributed by atoms with Crippen LogP contribution in [-0.2, 0) is 14.3 Å². The van der Waals surface area contributed by atoms with E-state index in [0.717, 1.165) is 19.3 Å². The molecule has 0 aromatic carbocycles. The molecule has 0 saturated carbocycles. The molecule has 0 radical (unpaired) electrons. The smallest absolute Gasteiger partial charge is 0.364 e. The van der Waals surface area contributed by atoms with E-state index in [1.165, 1.54) is 32.1 Å². The van der Waals surface area contributed by atoms with E-state index in [9.17, 15) is 30.0 Å². The van der Waals surface area contributed by atoms with E-state index in [4.69, 9.17) is 14.9 Å². The summed E-state index contributed by atoms with van der Waals surface area (Å²) in [5.41, 5.74) is 0. The molecule has 1 rings (SSSR count). The first kappa shape index (κ1) is 27.7. The van der Waals surface area contributed by atoms with E-state index in [0.29, 0.717) is 6.42 Å². The molecule has 7 N–H and O–H groups in total. The first-order chi connectivity index (χ1) is 14.7. The highest BCUT2D eigenvalue weighted by atomic mass is 16.7. The number of aliphatic hydroxyl groups is 5. The van der Waals surface area contributed by atoms with E-state index >= 15 is 0 Å². The summed E-state index contributed by atoms with van der Waals surface area (Å²) in [4.78, 5) is 23.6. The molecule has 1 heterocycles. The van der Waals surface area contributed by atoms with Gasteiger partial charge in [0, 0.05) is 12.8 Å². The number of nitrogens with one attached hydrogen (secondary N) is 1. The van der Waals surface area contributed by atoms with E-state index in [2.05, 4.69) is 12.2 Å². The van der Waals surface area contributed by atoms with Crippen molar-refractivity contribution in [3.63, 3.8) is 0 Å². The number of carbonyl (C=O) groups is 2. The molecule has 0 aromatic rings. The van der Waals surface area contributed by atoms with Crippen LogP contribution in [0, 0.1) is 0 Å². The van der Waals surface area contributed by atoms with Gasteiger partial charge < -0.3 is 40.7 Å². The molecule has 0 spiro atoms. The summed E-state index contributed by atoms with van der Waals surface area (Å²) in [6.45, 7) is 1.31. The Kier molecular flexibility index (Phi) is 12.5. The number of hydrogen-bond donors (Lipinski definition) is 7. The molecule has 0 aromatic heterocycles. The summed E-state index contributed by atoms with van der Waals surface area (Å²) < 4.78 is 5.06. The van der Waals surface area contributed by atoms with Gasteiger partial charge in [0.05, 0.1) is 18.8 Å². The van der Waals surface area contributed by atoms with Crippen LogP contribution < -0.4 is 5.32 Å². The fraction of sp³-hybridized carbons (Fsp3) is 0.905. The largest absolute Gasteiger partial charge is 0.477 e. The van der Waals surface area contributed by atoms with Crippen molar-refractivity contribution >= 4 is 11.9 Å². The Morgan fingerprint density at radius 1 is 1.06 bits per heavy atom. The lowest BCUT2D eigenvalue weighted by atomic mass is 9.88. The second-order valence-electron chi connectivity index (χ2n) is 8.36. The number of aliphatic carboxylic acids is 1. The third kappa shape index (κ3) is 8.99. The van der Waals surface area contributed by atoms with Crippen molar-refractivity contribution in [2.45, 2.75) is 114 Å². The van der Waals surface area contributed by atoms with Crippen LogP contribution >= 0.6 is 0 Å². The maximum absolute atomic E-state index is 12.3. The summed E-state index contributed by atoms with van der Waals surface area (Å²) >= 11 is 0. The number of carboxylic acids is 1. The first-order valence-corrected chi connectivity index (χ1v) is 11.2. The Hall–Kier alpha value is -1.30. The molecule has 182 valence electrons. The van der Waals surface area contributed by atoms with E-state index < -0.39 is 61.1 Å². The first-order valence-electron chi connectivity index (χ1n) is 11.2. The zero-order valence-electron chi connectivity index (χ0n) is 18.3. The Balaban J connectivity index is 2.55. The molecule has 0 aliphatic carbocycles. The lowest BCUT2D eigenvalue weighted by Crippen LogP contribution is -2.67. The summed E-state index contributed by atoms with van der Waals surface area (Å²) in [5.74, 6) is -4.99. The third-order valence-corrected chi connectivity index (χ3v) is 5.67. The molecule has 1 unspecified atom stereocenters. The number of amides is 1. The molecule has 0 bridgehead atoms. The van der Waals surface area contributed by atoms with Crippen LogP contribution in [0.1, 0.15) is 77.6 Å². The molecule has 1 amide bonds. The lowest BCUT2D eigenvalue weighted by molar-refractivity contribution is -0.295. The summed E-state index contributed by atoms with van der Waals surface area (Å²) in [5, 5.41) is 61.1. The van der Waals surface area contributed by atoms with Gasteiger partial charge in [-0.2, -0.15) is 0 Å². The Bertz CT molecular complexity index is 547. The molecule has 6 atom stereocenters. The summed E-state index contributed by atoms with van der Waals surface area (Å²) in [6.07, 6.45) is 2.45. The second-order valence-corrected chi connectivity index (χ2v) is 8.36. The molecule has 1 aliphatic rings. The zero-order chi connectivity index (χ0) is 23.4. The van der Waals surface area contributed by atoms with Crippen LogP contribution in [0.5, 0.6) is 0 Å². The van der Waals surface area contributed by atoms with Crippen LogP contribution in [0.3, 0.4) is 0 Å². The van der Waals surface area contributed by atoms with Gasteiger partial charge in [0.2, 0.25) is 5.91 Å². The predicted molar refractivity (Wildman–Crippen MR) is 111 cm³/mol. The number of rotatable bonds is 15. The molecule has 31 heavy (non-hydrogen) atoms. The van der Waals surface area contributed by atoms with Gasteiger partial charge in [-0.15, -0.1) is 0 Å². The van der Waals surface area contributed by atoms with Crippen molar-refractivity contribution in [1.82, 2.24) is 5.32 Å². The van der Waals surface area contributed by atoms with Gasteiger partial charge in [-0.05, 0) is 6.42 Å². The van der Waals surface area contributed by atoms with Crippen molar-refractivity contribution in [2.24, 2.45) is 0 Å². The fourth-order valence-electron chi connectivity index (χ4n) is 3.76. The van der Waals surface area contributed by atoms with Gasteiger partial charge >= 0.3 is 5.97 Å². The Labute approximate surface area is 183 Å². The fourth-order valence-corrected chi connectivity index (χ4v) is 3.76.